The van der Waals surface area contributed by atoms with Gasteiger partial charge in [0.15, 0.2) is 0 Å². The Labute approximate surface area is 89.1 Å². The Bertz CT molecular complexity index is 439. The van der Waals surface area contributed by atoms with Crippen molar-refractivity contribution in [1.82, 2.24) is 14.8 Å². The van der Waals surface area contributed by atoms with E-state index in [0.717, 1.165) is 6.54 Å². The molecule has 4 heteroatoms. The Morgan fingerprint density at radius 2 is 2.27 bits per heavy atom. The van der Waals surface area contributed by atoms with Gasteiger partial charge in [0.25, 0.3) is 0 Å². The van der Waals surface area contributed by atoms with Gasteiger partial charge in [0.05, 0.1) is 12.7 Å². The summed E-state index contributed by atoms with van der Waals surface area (Å²) in [5, 5.41) is 6.76. The van der Waals surface area contributed by atoms with Gasteiger partial charge in [-0.3, -0.25) is 5.10 Å². The third kappa shape index (κ3) is 1.80. The van der Waals surface area contributed by atoms with Crippen molar-refractivity contribution in [2.45, 2.75) is 26.9 Å². The predicted octanol–water partition coefficient (Wildman–Crippen LogP) is 1.34. The maximum atomic E-state index is 5.67. The van der Waals surface area contributed by atoms with Crippen molar-refractivity contribution in [2.75, 3.05) is 0 Å². The molecule has 0 bridgehead atoms. The highest BCUT2D eigenvalue weighted by atomic mass is 15.1. The summed E-state index contributed by atoms with van der Waals surface area (Å²) in [6.07, 6.45) is 3.77. The minimum Gasteiger partial charge on any atom is -0.344 e. The van der Waals surface area contributed by atoms with Crippen molar-refractivity contribution < 1.29 is 0 Å². The van der Waals surface area contributed by atoms with Crippen LogP contribution in [-0.2, 0) is 13.1 Å². The van der Waals surface area contributed by atoms with Gasteiger partial charge in [-0.15, -0.1) is 0 Å². The topological polar surface area (TPSA) is 59.6 Å². The van der Waals surface area contributed by atoms with Gasteiger partial charge in [0.1, 0.15) is 0 Å². The molecule has 0 aliphatic rings. The van der Waals surface area contributed by atoms with Crippen LogP contribution in [0.1, 0.15) is 22.5 Å². The molecular formula is C11H16N4. The lowest BCUT2D eigenvalue weighted by Gasteiger charge is -2.07. The first-order valence-electron chi connectivity index (χ1n) is 5.05. The van der Waals surface area contributed by atoms with Crippen LogP contribution in [0.15, 0.2) is 18.5 Å². The van der Waals surface area contributed by atoms with Crippen LogP contribution in [0.2, 0.25) is 0 Å². The first-order chi connectivity index (χ1) is 7.22. The van der Waals surface area contributed by atoms with Crippen molar-refractivity contribution in [3.63, 3.8) is 0 Å². The summed E-state index contributed by atoms with van der Waals surface area (Å²) < 4.78 is 2.26. The summed E-state index contributed by atoms with van der Waals surface area (Å²) in [4.78, 5) is 0. The van der Waals surface area contributed by atoms with Crippen molar-refractivity contribution >= 4 is 0 Å². The second-order valence-electron chi connectivity index (χ2n) is 3.79. The molecule has 15 heavy (non-hydrogen) atoms. The summed E-state index contributed by atoms with van der Waals surface area (Å²) in [6.45, 7) is 5.67. The fourth-order valence-electron chi connectivity index (χ4n) is 1.87. The molecule has 3 N–H and O–H groups in total. The largest absolute Gasteiger partial charge is 0.344 e. The van der Waals surface area contributed by atoms with E-state index in [1.165, 1.54) is 22.5 Å². The van der Waals surface area contributed by atoms with Gasteiger partial charge in [-0.1, -0.05) is 0 Å². The van der Waals surface area contributed by atoms with Gasteiger partial charge in [-0.05, 0) is 25.5 Å². The van der Waals surface area contributed by atoms with Gasteiger partial charge in [0.2, 0.25) is 0 Å². The zero-order valence-corrected chi connectivity index (χ0v) is 9.12. The molecule has 0 unspecified atom stereocenters. The highest BCUT2D eigenvalue weighted by molar-refractivity contribution is 5.27. The predicted molar refractivity (Wildman–Crippen MR) is 59.5 cm³/mol. The average molecular weight is 204 g/mol. The van der Waals surface area contributed by atoms with Crippen molar-refractivity contribution in [1.29, 1.82) is 0 Å². The minimum absolute atomic E-state index is 0.602. The third-order valence-electron chi connectivity index (χ3n) is 2.79. The van der Waals surface area contributed by atoms with Crippen molar-refractivity contribution in [2.24, 2.45) is 5.73 Å². The molecule has 0 atom stereocenters. The lowest BCUT2D eigenvalue weighted by atomic mass is 10.2. The first kappa shape index (κ1) is 9.98. The molecular weight excluding hydrogens is 188 g/mol. The maximum absolute atomic E-state index is 5.67. The maximum Gasteiger partial charge on any atom is 0.0537 e. The Balaban J connectivity index is 2.32. The first-order valence-corrected chi connectivity index (χ1v) is 5.05. The van der Waals surface area contributed by atoms with Crippen LogP contribution in [0.4, 0.5) is 0 Å². The number of hydrogen-bond donors (Lipinski definition) is 2. The molecule has 80 valence electrons. The lowest BCUT2D eigenvalue weighted by Crippen LogP contribution is -2.04. The van der Waals surface area contributed by atoms with Crippen LogP contribution < -0.4 is 5.73 Å². The van der Waals surface area contributed by atoms with E-state index in [0.29, 0.717) is 6.54 Å². The molecule has 2 rings (SSSR count). The lowest BCUT2D eigenvalue weighted by molar-refractivity contribution is 0.745. The number of aromatic amines is 1. The number of H-pyrrole nitrogens is 1. The van der Waals surface area contributed by atoms with Crippen LogP contribution >= 0.6 is 0 Å². The highest BCUT2D eigenvalue weighted by Gasteiger charge is 2.08. The van der Waals surface area contributed by atoms with Crippen LogP contribution in [0.3, 0.4) is 0 Å². The normalized spacial score (nSPS) is 10.9. The average Bonchev–Trinajstić information content (AvgIpc) is 2.81. The van der Waals surface area contributed by atoms with E-state index < -0.39 is 0 Å². The molecule has 0 aromatic carbocycles. The Morgan fingerprint density at radius 3 is 2.80 bits per heavy atom. The van der Waals surface area contributed by atoms with Gasteiger partial charge in [0, 0.05) is 29.7 Å². The number of nitrogens with two attached hydrogens (primary N) is 1. The molecule has 0 spiro atoms. The highest BCUT2D eigenvalue weighted by Crippen LogP contribution is 2.15. The van der Waals surface area contributed by atoms with Crippen molar-refractivity contribution in [3.05, 3.63) is 41.0 Å². The van der Waals surface area contributed by atoms with Crippen molar-refractivity contribution in [3.8, 4) is 0 Å². The fraction of sp³-hybridized carbons (Fsp3) is 0.364. The second-order valence-corrected chi connectivity index (χ2v) is 3.79. The molecule has 0 saturated heterocycles. The van der Waals surface area contributed by atoms with E-state index in [4.69, 9.17) is 5.73 Å². The van der Waals surface area contributed by atoms with E-state index in [9.17, 15) is 0 Å². The van der Waals surface area contributed by atoms with E-state index in [1.807, 2.05) is 12.4 Å². The zero-order chi connectivity index (χ0) is 10.8. The number of hydrogen-bond acceptors (Lipinski definition) is 2. The van der Waals surface area contributed by atoms with E-state index >= 15 is 0 Å². The summed E-state index contributed by atoms with van der Waals surface area (Å²) in [5.74, 6) is 0. The van der Waals surface area contributed by atoms with E-state index in [-0.39, 0.29) is 0 Å². The Kier molecular flexibility index (Phi) is 2.60. The summed E-state index contributed by atoms with van der Waals surface area (Å²) in [6, 6.07) is 2.15. The number of rotatable bonds is 3. The molecule has 2 aromatic heterocycles. The van der Waals surface area contributed by atoms with Crippen LogP contribution in [0.25, 0.3) is 0 Å². The molecule has 4 nitrogen and oxygen atoms in total. The second kappa shape index (κ2) is 3.90. The quantitative estimate of drug-likeness (QED) is 0.792. The monoisotopic (exact) mass is 204 g/mol. The number of nitrogens with zero attached hydrogens (tertiary/aromatic N) is 2. The molecule has 2 heterocycles. The van der Waals surface area contributed by atoms with Gasteiger partial charge in [-0.2, -0.15) is 5.10 Å². The molecule has 2 aromatic rings. The Hall–Kier alpha value is -1.55. The number of aryl methyl sites for hydroxylation is 1. The van der Waals surface area contributed by atoms with Gasteiger partial charge < -0.3 is 10.3 Å². The van der Waals surface area contributed by atoms with Crippen LogP contribution in [0.5, 0.6) is 0 Å². The molecule has 0 radical (unpaired) electrons. The molecule has 0 fully saturated rings. The van der Waals surface area contributed by atoms with Crippen LogP contribution in [-0.4, -0.2) is 14.8 Å². The molecule has 0 amide bonds. The number of aromatic nitrogens is 3. The number of nitrogens with one attached hydrogen (secondary N) is 1. The standard InChI is InChI=1S/C11H16N4/c1-8-3-11(4-12)9(2)15(8)7-10-5-13-14-6-10/h3,5-6H,4,7,12H2,1-2H3,(H,13,14). The Morgan fingerprint density at radius 1 is 1.47 bits per heavy atom. The van der Waals surface area contributed by atoms with Crippen LogP contribution in [0, 0.1) is 13.8 Å². The smallest absolute Gasteiger partial charge is 0.0537 e. The third-order valence-corrected chi connectivity index (χ3v) is 2.79. The molecule has 0 aliphatic carbocycles. The molecule has 0 aliphatic heterocycles. The SMILES string of the molecule is Cc1cc(CN)c(C)n1Cc1cn[nH]c1. The van der Waals surface area contributed by atoms with E-state index in [2.05, 4.69) is 34.7 Å². The summed E-state index contributed by atoms with van der Waals surface area (Å²) >= 11 is 0. The van der Waals surface area contributed by atoms with E-state index in [1.54, 1.807) is 0 Å². The van der Waals surface area contributed by atoms with Gasteiger partial charge in [-0.25, -0.2) is 0 Å². The minimum atomic E-state index is 0.602. The zero-order valence-electron chi connectivity index (χ0n) is 9.12. The molecule has 0 saturated carbocycles. The van der Waals surface area contributed by atoms with Gasteiger partial charge >= 0.3 is 0 Å². The summed E-state index contributed by atoms with van der Waals surface area (Å²) in [7, 11) is 0. The fourth-order valence-corrected chi connectivity index (χ4v) is 1.87. The summed E-state index contributed by atoms with van der Waals surface area (Å²) in [5.41, 5.74) is 10.6.